The maximum absolute atomic E-state index is 13.9. The fraction of sp³-hybridized carbons (Fsp3) is 0.393. The van der Waals surface area contributed by atoms with Gasteiger partial charge < -0.3 is 31.1 Å². The lowest BCUT2D eigenvalue weighted by molar-refractivity contribution is -0.153. The van der Waals surface area contributed by atoms with Gasteiger partial charge in [-0.05, 0) is 50.6 Å². The second-order valence-electron chi connectivity index (χ2n) is 10.6. The number of phenols is 1. The van der Waals surface area contributed by atoms with E-state index >= 15 is 0 Å². The molecule has 40 heavy (non-hydrogen) atoms. The van der Waals surface area contributed by atoms with Gasteiger partial charge in [-0.25, -0.2) is 0 Å². The van der Waals surface area contributed by atoms with Gasteiger partial charge in [0.2, 0.25) is 11.7 Å². The van der Waals surface area contributed by atoms with E-state index in [-0.39, 0.29) is 54.1 Å². The Kier molecular flexibility index (Phi) is 7.20. The molecule has 0 saturated heterocycles. The van der Waals surface area contributed by atoms with Crippen molar-refractivity contribution in [2.75, 3.05) is 27.2 Å². The monoisotopic (exact) mass is 553 g/mol. The van der Waals surface area contributed by atoms with Crippen LogP contribution in [0, 0.1) is 11.8 Å². The van der Waals surface area contributed by atoms with Crippen molar-refractivity contribution in [3.63, 3.8) is 0 Å². The molecule has 2 amide bonds. The van der Waals surface area contributed by atoms with E-state index in [9.17, 15) is 44.4 Å². The third-order valence-corrected chi connectivity index (χ3v) is 8.03. The van der Waals surface area contributed by atoms with E-state index in [2.05, 4.69) is 6.58 Å². The Morgan fingerprint density at radius 2 is 1.82 bits per heavy atom. The number of primary amides is 1. The number of hydrogen-bond donors (Lipinski definition) is 5. The molecule has 12 nitrogen and oxygen atoms in total. The molecule has 0 bridgehead atoms. The zero-order valence-electron chi connectivity index (χ0n) is 22.3. The summed E-state index contributed by atoms with van der Waals surface area (Å²) in [4.78, 5) is 67.1. The molecule has 4 atom stereocenters. The molecule has 4 rings (SSSR count). The highest BCUT2D eigenvalue weighted by molar-refractivity contribution is 6.24. The van der Waals surface area contributed by atoms with Gasteiger partial charge in [0.1, 0.15) is 22.8 Å². The van der Waals surface area contributed by atoms with Gasteiger partial charge in [-0.15, -0.1) is 6.58 Å². The van der Waals surface area contributed by atoms with E-state index in [1.807, 2.05) is 0 Å². The zero-order valence-corrected chi connectivity index (χ0v) is 22.3. The van der Waals surface area contributed by atoms with Gasteiger partial charge in [-0.1, -0.05) is 6.08 Å². The summed E-state index contributed by atoms with van der Waals surface area (Å²) in [5, 5.41) is 44.5. The van der Waals surface area contributed by atoms with E-state index in [0.29, 0.717) is 0 Å². The maximum atomic E-state index is 13.9. The number of aliphatic hydroxyl groups excluding tert-OH is 2. The van der Waals surface area contributed by atoms with Crippen molar-refractivity contribution in [2.45, 2.75) is 31.4 Å². The van der Waals surface area contributed by atoms with E-state index in [1.54, 1.807) is 0 Å². The van der Waals surface area contributed by atoms with Gasteiger partial charge in [0.25, 0.3) is 5.91 Å². The molecule has 1 aromatic rings. The first-order chi connectivity index (χ1) is 18.7. The zero-order chi connectivity index (χ0) is 29.8. The van der Waals surface area contributed by atoms with E-state index < -0.39 is 69.6 Å². The van der Waals surface area contributed by atoms with Crippen LogP contribution in [0.2, 0.25) is 0 Å². The summed E-state index contributed by atoms with van der Waals surface area (Å²) in [5.41, 5.74) is 1.51. The number of fused-ring (bicyclic) bond motifs is 3. The predicted molar refractivity (Wildman–Crippen MR) is 141 cm³/mol. The summed E-state index contributed by atoms with van der Waals surface area (Å²) in [5.74, 6) is -8.52. The van der Waals surface area contributed by atoms with Gasteiger partial charge >= 0.3 is 0 Å². The number of benzene rings is 1. The number of carbonyl (C=O) groups is 5. The molecule has 1 fully saturated rings. The van der Waals surface area contributed by atoms with Crippen LogP contribution in [0.1, 0.15) is 34.8 Å². The normalized spacial score (nSPS) is 25.8. The molecule has 0 aromatic heterocycles. The van der Waals surface area contributed by atoms with Crippen molar-refractivity contribution >= 4 is 34.9 Å². The van der Waals surface area contributed by atoms with Crippen LogP contribution in [-0.4, -0.2) is 98.2 Å². The minimum absolute atomic E-state index is 0.0362. The third kappa shape index (κ3) is 4.11. The number of nitrogens with two attached hydrogens (primary N) is 1. The molecule has 3 aliphatic rings. The van der Waals surface area contributed by atoms with Crippen LogP contribution in [0.25, 0.3) is 5.76 Å². The van der Waals surface area contributed by atoms with Crippen LogP contribution < -0.4 is 5.73 Å². The number of aromatic hydroxyl groups is 1. The Balaban J connectivity index is 1.89. The fourth-order valence-corrected chi connectivity index (χ4v) is 6.22. The smallest absolute Gasteiger partial charge is 0.255 e. The maximum Gasteiger partial charge on any atom is 0.255 e. The molecule has 0 aliphatic heterocycles. The second kappa shape index (κ2) is 10.0. The number of likely N-dealkylation sites (N-methyl/N-ethyl adjacent to an activating group) is 1. The lowest BCUT2D eigenvalue weighted by atomic mass is 9.57. The average molecular weight is 554 g/mol. The molecule has 1 saturated carbocycles. The van der Waals surface area contributed by atoms with Crippen molar-refractivity contribution in [1.82, 2.24) is 9.80 Å². The van der Waals surface area contributed by atoms with Crippen LogP contribution in [0.15, 0.2) is 41.7 Å². The topological polar surface area (TPSA) is 199 Å². The highest BCUT2D eigenvalue weighted by atomic mass is 16.3. The van der Waals surface area contributed by atoms with Crippen molar-refractivity contribution in [1.29, 1.82) is 0 Å². The molecular formula is C28H31N3O9. The highest BCUT2D eigenvalue weighted by Gasteiger charge is 2.64. The molecule has 0 heterocycles. The summed E-state index contributed by atoms with van der Waals surface area (Å²) >= 11 is 0. The molecule has 0 spiro atoms. The standard InChI is InChI=1S/C28H31N3O9/c1-5-8-31(12(2)32)11-18(34)14-6-7-17(33)20-15(14)9-13-10-16-22(30(3)4)24(36)21(27(29)39)26(38)28(16,40)25(37)19(13)23(20)35/h5-7,13,16,22,33,35,38,40H,1,8-11H2,2-4H3,(H2,29,39)/t13-,16-,22-,28-/m0/s1. The molecule has 12 heteroatoms. The van der Waals surface area contributed by atoms with Crippen LogP contribution in [-0.2, 0) is 25.6 Å². The van der Waals surface area contributed by atoms with Gasteiger partial charge in [0.15, 0.2) is 17.2 Å². The number of Topliss-reactive ketones (excluding diaryl/α,β-unsaturated/α-hetero) is 3. The average Bonchev–Trinajstić information content (AvgIpc) is 2.85. The van der Waals surface area contributed by atoms with Crippen LogP contribution >= 0.6 is 0 Å². The van der Waals surface area contributed by atoms with Gasteiger partial charge in [0.05, 0.1) is 18.2 Å². The van der Waals surface area contributed by atoms with Crippen molar-refractivity contribution in [3.8, 4) is 5.75 Å². The minimum Gasteiger partial charge on any atom is -0.508 e. The van der Waals surface area contributed by atoms with Gasteiger partial charge in [-0.3, -0.25) is 28.9 Å². The minimum atomic E-state index is -2.75. The first kappa shape index (κ1) is 28.7. The van der Waals surface area contributed by atoms with Crippen LogP contribution in [0.4, 0.5) is 0 Å². The Morgan fingerprint density at radius 3 is 2.38 bits per heavy atom. The number of hydrogen-bond acceptors (Lipinski definition) is 10. The Hall–Kier alpha value is -4.29. The number of nitrogens with zero attached hydrogens (tertiary/aromatic N) is 2. The molecule has 1 aromatic carbocycles. The lowest BCUT2D eigenvalue weighted by Gasteiger charge is -2.50. The molecular weight excluding hydrogens is 522 g/mol. The van der Waals surface area contributed by atoms with E-state index in [1.165, 1.54) is 49.0 Å². The second-order valence-corrected chi connectivity index (χ2v) is 10.6. The summed E-state index contributed by atoms with van der Waals surface area (Å²) in [7, 11) is 3.01. The lowest BCUT2D eigenvalue weighted by Crippen LogP contribution is -2.65. The number of phenolic OH excluding ortho intramolecular Hbond substituents is 1. The van der Waals surface area contributed by atoms with Crippen molar-refractivity contribution in [2.24, 2.45) is 17.6 Å². The Bertz CT molecular complexity index is 1440. The number of aliphatic hydroxyl groups is 3. The third-order valence-electron chi connectivity index (χ3n) is 8.03. The quantitative estimate of drug-likeness (QED) is 0.176. The summed E-state index contributed by atoms with van der Waals surface area (Å²) in [6.45, 7) is 4.71. The van der Waals surface area contributed by atoms with Gasteiger partial charge in [-0.2, -0.15) is 0 Å². The predicted octanol–water partition coefficient (Wildman–Crippen LogP) is 0.181. The molecule has 6 N–H and O–H groups in total. The SMILES string of the molecule is C=CCN(CC(=O)c1ccc(O)c2c1C[C@H]1C[C@H]3[C@H](N(C)C)C(=O)C(C(N)=O)=C(O)[C@@]3(O)C(=O)C1=C2O)C(C)=O. The van der Waals surface area contributed by atoms with Crippen LogP contribution in [0.3, 0.4) is 0 Å². The largest absolute Gasteiger partial charge is 0.508 e. The fourth-order valence-electron chi connectivity index (χ4n) is 6.22. The first-order valence-corrected chi connectivity index (χ1v) is 12.6. The highest BCUT2D eigenvalue weighted by Crippen LogP contribution is 2.52. The Labute approximate surface area is 229 Å². The summed E-state index contributed by atoms with van der Waals surface area (Å²) < 4.78 is 0. The number of carbonyl (C=O) groups excluding carboxylic acids is 5. The number of rotatable bonds is 7. The molecule has 0 radical (unpaired) electrons. The van der Waals surface area contributed by atoms with Crippen molar-refractivity contribution in [3.05, 3.63) is 58.4 Å². The van der Waals surface area contributed by atoms with E-state index in [0.717, 1.165) is 0 Å². The molecule has 212 valence electrons. The van der Waals surface area contributed by atoms with Crippen LogP contribution in [0.5, 0.6) is 5.75 Å². The first-order valence-electron chi connectivity index (χ1n) is 12.6. The number of ketones is 3. The molecule has 0 unspecified atom stereocenters. The molecule has 3 aliphatic carbocycles. The van der Waals surface area contributed by atoms with Gasteiger partial charge in [0, 0.05) is 30.5 Å². The van der Waals surface area contributed by atoms with E-state index in [4.69, 9.17) is 5.73 Å². The Morgan fingerprint density at radius 1 is 1.18 bits per heavy atom. The summed E-state index contributed by atoms with van der Waals surface area (Å²) in [6.07, 6.45) is 1.33. The number of amides is 2. The van der Waals surface area contributed by atoms with Crippen molar-refractivity contribution < 1.29 is 44.4 Å². The summed E-state index contributed by atoms with van der Waals surface area (Å²) in [6, 6.07) is 1.32.